The molecule has 0 N–H and O–H groups in total. The second-order valence-electron chi connectivity index (χ2n) is 5.32. The number of rotatable bonds is 5. The first-order chi connectivity index (χ1) is 6.03. The lowest BCUT2D eigenvalue weighted by molar-refractivity contribution is 0.164. The Bertz CT molecular complexity index is 152. The molecule has 0 bridgehead atoms. The third kappa shape index (κ3) is 3.90. The SMILES string of the molecule is CN(CC1CCC1)CC(C)(C)CS. The van der Waals surface area contributed by atoms with Gasteiger partial charge in [-0.05, 0) is 37.0 Å². The highest BCUT2D eigenvalue weighted by Crippen LogP contribution is 2.27. The van der Waals surface area contributed by atoms with Crippen LogP contribution in [0.3, 0.4) is 0 Å². The molecular weight excluding hydrogens is 178 g/mol. The summed E-state index contributed by atoms with van der Waals surface area (Å²) >= 11 is 4.38. The van der Waals surface area contributed by atoms with Gasteiger partial charge in [-0.1, -0.05) is 20.3 Å². The van der Waals surface area contributed by atoms with E-state index in [0.717, 1.165) is 11.7 Å². The number of thiol groups is 1. The normalized spacial score (nSPS) is 19.2. The molecule has 1 rings (SSSR count). The Morgan fingerprint density at radius 3 is 2.38 bits per heavy atom. The van der Waals surface area contributed by atoms with Gasteiger partial charge in [0.1, 0.15) is 0 Å². The quantitative estimate of drug-likeness (QED) is 0.669. The van der Waals surface area contributed by atoms with E-state index < -0.39 is 0 Å². The molecule has 0 saturated heterocycles. The third-order valence-electron chi connectivity index (χ3n) is 2.92. The zero-order valence-corrected chi connectivity index (χ0v) is 10.1. The first kappa shape index (κ1) is 11.4. The molecule has 0 atom stereocenters. The molecule has 1 saturated carbocycles. The van der Waals surface area contributed by atoms with Crippen molar-refractivity contribution in [2.45, 2.75) is 33.1 Å². The molecule has 13 heavy (non-hydrogen) atoms. The molecule has 0 aromatic rings. The van der Waals surface area contributed by atoms with E-state index in [1.54, 1.807) is 0 Å². The topological polar surface area (TPSA) is 3.24 Å². The summed E-state index contributed by atoms with van der Waals surface area (Å²) in [5.74, 6) is 1.96. The summed E-state index contributed by atoms with van der Waals surface area (Å²) in [5, 5.41) is 0. The Morgan fingerprint density at radius 2 is 2.00 bits per heavy atom. The van der Waals surface area contributed by atoms with Gasteiger partial charge in [-0.15, -0.1) is 0 Å². The van der Waals surface area contributed by atoms with Crippen LogP contribution in [0.4, 0.5) is 0 Å². The molecule has 1 nitrogen and oxygen atoms in total. The summed E-state index contributed by atoms with van der Waals surface area (Å²) in [6.07, 6.45) is 4.35. The minimum absolute atomic E-state index is 0.363. The maximum Gasteiger partial charge on any atom is 0.00376 e. The molecule has 78 valence electrons. The predicted octanol–water partition coefficient (Wildman–Crippen LogP) is 2.67. The predicted molar refractivity (Wildman–Crippen MR) is 62.5 cm³/mol. The summed E-state index contributed by atoms with van der Waals surface area (Å²) in [5.41, 5.74) is 0.363. The zero-order valence-electron chi connectivity index (χ0n) is 9.21. The van der Waals surface area contributed by atoms with Crippen LogP contribution in [0.2, 0.25) is 0 Å². The van der Waals surface area contributed by atoms with Gasteiger partial charge in [0.15, 0.2) is 0 Å². The first-order valence-electron chi connectivity index (χ1n) is 5.33. The standard InChI is InChI=1S/C11H23NS/c1-11(2,9-13)8-12(3)7-10-5-4-6-10/h10,13H,4-9H2,1-3H3. The fraction of sp³-hybridized carbons (Fsp3) is 1.00. The second-order valence-corrected chi connectivity index (χ2v) is 5.63. The first-order valence-corrected chi connectivity index (χ1v) is 5.96. The third-order valence-corrected chi connectivity index (χ3v) is 3.78. The fourth-order valence-corrected chi connectivity index (χ4v) is 2.06. The molecule has 1 fully saturated rings. The highest BCUT2D eigenvalue weighted by molar-refractivity contribution is 7.80. The van der Waals surface area contributed by atoms with Crippen molar-refractivity contribution in [2.75, 3.05) is 25.9 Å². The average molecular weight is 201 g/mol. The van der Waals surface area contributed by atoms with Crippen LogP contribution in [-0.2, 0) is 0 Å². The summed E-state index contributed by atoms with van der Waals surface area (Å²) in [4.78, 5) is 2.47. The van der Waals surface area contributed by atoms with Gasteiger partial charge in [0.05, 0.1) is 0 Å². The lowest BCUT2D eigenvalue weighted by Crippen LogP contribution is -2.37. The Kier molecular flexibility index (Phi) is 4.11. The van der Waals surface area contributed by atoms with Gasteiger partial charge in [0, 0.05) is 13.1 Å². The number of hydrogen-bond acceptors (Lipinski definition) is 2. The molecular formula is C11H23NS. The van der Waals surface area contributed by atoms with Crippen molar-refractivity contribution in [3.05, 3.63) is 0 Å². The Morgan fingerprint density at radius 1 is 1.38 bits per heavy atom. The molecule has 0 heterocycles. The van der Waals surface area contributed by atoms with Crippen LogP contribution in [0.5, 0.6) is 0 Å². The van der Waals surface area contributed by atoms with Crippen LogP contribution < -0.4 is 0 Å². The Balaban J connectivity index is 2.19. The van der Waals surface area contributed by atoms with E-state index in [1.807, 2.05) is 0 Å². The Labute approximate surface area is 88.3 Å². The van der Waals surface area contributed by atoms with Crippen molar-refractivity contribution in [3.63, 3.8) is 0 Å². The molecule has 0 unspecified atom stereocenters. The van der Waals surface area contributed by atoms with Crippen molar-refractivity contribution >= 4 is 12.6 Å². The molecule has 1 aliphatic rings. The van der Waals surface area contributed by atoms with Gasteiger partial charge in [-0.25, -0.2) is 0 Å². The summed E-state index contributed by atoms with van der Waals surface area (Å²) < 4.78 is 0. The van der Waals surface area contributed by atoms with Crippen molar-refractivity contribution in [1.29, 1.82) is 0 Å². The molecule has 0 aromatic heterocycles. The molecule has 2 heteroatoms. The summed E-state index contributed by atoms with van der Waals surface area (Å²) in [6, 6.07) is 0. The van der Waals surface area contributed by atoms with Crippen LogP contribution in [0, 0.1) is 11.3 Å². The minimum Gasteiger partial charge on any atom is -0.306 e. The molecule has 0 aromatic carbocycles. The summed E-state index contributed by atoms with van der Waals surface area (Å²) in [7, 11) is 2.24. The molecule has 0 radical (unpaired) electrons. The maximum absolute atomic E-state index is 4.38. The van der Waals surface area contributed by atoms with Crippen molar-refractivity contribution in [1.82, 2.24) is 4.90 Å². The highest BCUT2D eigenvalue weighted by atomic mass is 32.1. The van der Waals surface area contributed by atoms with Crippen molar-refractivity contribution < 1.29 is 0 Å². The monoisotopic (exact) mass is 201 g/mol. The average Bonchev–Trinajstić information content (AvgIpc) is 1.96. The molecule has 0 spiro atoms. The second kappa shape index (κ2) is 4.70. The van der Waals surface area contributed by atoms with Crippen molar-refractivity contribution in [2.24, 2.45) is 11.3 Å². The van der Waals surface area contributed by atoms with Crippen LogP contribution in [0.25, 0.3) is 0 Å². The van der Waals surface area contributed by atoms with Gasteiger partial charge < -0.3 is 4.90 Å². The largest absolute Gasteiger partial charge is 0.306 e. The van der Waals surface area contributed by atoms with E-state index >= 15 is 0 Å². The van der Waals surface area contributed by atoms with E-state index in [9.17, 15) is 0 Å². The van der Waals surface area contributed by atoms with Crippen LogP contribution in [-0.4, -0.2) is 30.8 Å². The van der Waals surface area contributed by atoms with E-state index in [4.69, 9.17) is 0 Å². The summed E-state index contributed by atoms with van der Waals surface area (Å²) in [6.45, 7) is 7.04. The maximum atomic E-state index is 4.38. The van der Waals surface area contributed by atoms with E-state index in [1.165, 1.54) is 32.4 Å². The lowest BCUT2D eigenvalue weighted by Gasteiger charge is -2.34. The molecule has 0 amide bonds. The van der Waals surface area contributed by atoms with E-state index in [2.05, 4.69) is 38.4 Å². The number of hydrogen-bond donors (Lipinski definition) is 1. The number of nitrogens with zero attached hydrogens (tertiary/aromatic N) is 1. The van der Waals surface area contributed by atoms with Gasteiger partial charge in [-0.2, -0.15) is 12.6 Å². The zero-order chi connectivity index (χ0) is 9.90. The molecule has 1 aliphatic carbocycles. The van der Waals surface area contributed by atoms with Crippen molar-refractivity contribution in [3.8, 4) is 0 Å². The van der Waals surface area contributed by atoms with Gasteiger partial charge in [0.25, 0.3) is 0 Å². The smallest absolute Gasteiger partial charge is 0.00376 e. The van der Waals surface area contributed by atoms with E-state index in [-0.39, 0.29) is 0 Å². The van der Waals surface area contributed by atoms with Gasteiger partial charge in [0.2, 0.25) is 0 Å². The van der Waals surface area contributed by atoms with E-state index in [0.29, 0.717) is 5.41 Å². The fourth-order valence-electron chi connectivity index (χ4n) is 1.96. The van der Waals surface area contributed by atoms with Crippen LogP contribution >= 0.6 is 12.6 Å². The minimum atomic E-state index is 0.363. The highest BCUT2D eigenvalue weighted by Gasteiger charge is 2.23. The molecule has 0 aliphatic heterocycles. The lowest BCUT2D eigenvalue weighted by atomic mass is 9.84. The van der Waals surface area contributed by atoms with Crippen LogP contribution in [0.15, 0.2) is 0 Å². The van der Waals surface area contributed by atoms with Gasteiger partial charge in [-0.3, -0.25) is 0 Å². The van der Waals surface area contributed by atoms with Gasteiger partial charge >= 0.3 is 0 Å². The van der Waals surface area contributed by atoms with Crippen LogP contribution in [0.1, 0.15) is 33.1 Å². The Hall–Kier alpha value is 0.310.